The van der Waals surface area contributed by atoms with Gasteiger partial charge in [-0.25, -0.2) is 4.98 Å². The van der Waals surface area contributed by atoms with Gasteiger partial charge in [0.15, 0.2) is 5.13 Å². The van der Waals surface area contributed by atoms with Gasteiger partial charge in [-0.15, -0.1) is 0 Å². The Balaban J connectivity index is 1.80. The number of nitrogens with zero attached hydrogens (tertiary/aromatic N) is 5. The summed E-state index contributed by atoms with van der Waals surface area (Å²) in [5.41, 5.74) is 3.66. The van der Waals surface area contributed by atoms with Gasteiger partial charge in [0.05, 0.1) is 16.8 Å². The van der Waals surface area contributed by atoms with E-state index in [2.05, 4.69) is 29.1 Å². The van der Waals surface area contributed by atoms with Gasteiger partial charge in [-0.2, -0.15) is 5.10 Å². The van der Waals surface area contributed by atoms with Gasteiger partial charge in [0.1, 0.15) is 5.69 Å². The Morgan fingerprint density at radius 2 is 2.03 bits per heavy atom. The van der Waals surface area contributed by atoms with E-state index < -0.39 is 0 Å². The van der Waals surface area contributed by atoms with E-state index in [1.54, 1.807) is 34.2 Å². The Hall–Kier alpha value is -3.06. The van der Waals surface area contributed by atoms with E-state index in [4.69, 9.17) is 4.98 Å². The summed E-state index contributed by atoms with van der Waals surface area (Å²) >= 11 is 1.54. The Kier molecular flexibility index (Phi) is 5.40. The molecule has 0 spiro atoms. The number of fused-ring (bicyclic) bond motifs is 1. The van der Waals surface area contributed by atoms with Crippen LogP contribution in [0.3, 0.4) is 0 Å². The highest BCUT2D eigenvalue weighted by molar-refractivity contribution is 7.22. The lowest BCUT2D eigenvalue weighted by Crippen LogP contribution is -2.32. The number of carbonyl (C=O) groups excluding carboxylic acids is 1. The molecule has 7 heteroatoms. The van der Waals surface area contributed by atoms with Crippen molar-refractivity contribution in [1.82, 2.24) is 19.7 Å². The maximum Gasteiger partial charge on any atom is 0.278 e. The SMILES string of the molecule is CCc1cccc2sc(N(Cc3cccnc3)C(=O)c3ccnn3C(C)C)nc12. The summed E-state index contributed by atoms with van der Waals surface area (Å²) in [4.78, 5) is 24.4. The van der Waals surface area contributed by atoms with Crippen molar-refractivity contribution in [1.29, 1.82) is 0 Å². The number of carbonyl (C=O) groups is 1. The molecular weight excluding hydrogens is 382 g/mol. The fourth-order valence-corrected chi connectivity index (χ4v) is 4.34. The predicted molar refractivity (Wildman–Crippen MR) is 116 cm³/mol. The zero-order valence-electron chi connectivity index (χ0n) is 16.7. The summed E-state index contributed by atoms with van der Waals surface area (Å²) in [5.74, 6) is -0.114. The number of pyridine rings is 1. The van der Waals surface area contributed by atoms with Gasteiger partial charge in [-0.3, -0.25) is 19.4 Å². The summed E-state index contributed by atoms with van der Waals surface area (Å²) in [7, 11) is 0. The summed E-state index contributed by atoms with van der Waals surface area (Å²) in [6, 6.07) is 11.9. The van der Waals surface area contributed by atoms with Crippen LogP contribution in [-0.2, 0) is 13.0 Å². The molecule has 6 nitrogen and oxygen atoms in total. The molecule has 1 aromatic carbocycles. The van der Waals surface area contributed by atoms with E-state index in [1.165, 1.54) is 16.9 Å². The largest absolute Gasteiger partial charge is 0.278 e. The lowest BCUT2D eigenvalue weighted by Gasteiger charge is -2.21. The van der Waals surface area contributed by atoms with Crippen LogP contribution in [0.4, 0.5) is 5.13 Å². The lowest BCUT2D eigenvalue weighted by molar-refractivity contribution is 0.0973. The van der Waals surface area contributed by atoms with E-state index >= 15 is 0 Å². The monoisotopic (exact) mass is 405 g/mol. The first-order valence-corrected chi connectivity index (χ1v) is 10.5. The lowest BCUT2D eigenvalue weighted by atomic mass is 10.1. The van der Waals surface area contributed by atoms with Gasteiger partial charge in [-0.05, 0) is 49.6 Å². The van der Waals surface area contributed by atoms with E-state index in [0.717, 1.165) is 22.2 Å². The highest BCUT2D eigenvalue weighted by Crippen LogP contribution is 2.32. The molecule has 0 aliphatic heterocycles. The smallest absolute Gasteiger partial charge is 0.278 e. The van der Waals surface area contributed by atoms with E-state index in [-0.39, 0.29) is 11.9 Å². The molecule has 0 aliphatic rings. The Bertz CT molecular complexity index is 1130. The van der Waals surface area contributed by atoms with Crippen molar-refractivity contribution in [2.75, 3.05) is 4.90 Å². The fourth-order valence-electron chi connectivity index (χ4n) is 3.33. The third-order valence-corrected chi connectivity index (χ3v) is 5.83. The maximum atomic E-state index is 13.6. The Labute approximate surface area is 173 Å². The normalized spacial score (nSPS) is 11.3. The average Bonchev–Trinajstić information content (AvgIpc) is 3.39. The van der Waals surface area contributed by atoms with Crippen molar-refractivity contribution in [3.8, 4) is 0 Å². The number of hydrogen-bond acceptors (Lipinski definition) is 5. The molecule has 3 heterocycles. The van der Waals surface area contributed by atoms with Crippen LogP contribution >= 0.6 is 11.3 Å². The molecular formula is C22H23N5OS. The van der Waals surface area contributed by atoms with Crippen LogP contribution in [0.2, 0.25) is 0 Å². The van der Waals surface area contributed by atoms with E-state index in [1.807, 2.05) is 32.0 Å². The highest BCUT2D eigenvalue weighted by Gasteiger charge is 2.25. The molecule has 148 valence electrons. The molecule has 0 atom stereocenters. The first kappa shape index (κ1) is 19.3. The van der Waals surface area contributed by atoms with Crippen LogP contribution in [0.15, 0.2) is 55.0 Å². The zero-order chi connectivity index (χ0) is 20.4. The summed E-state index contributed by atoms with van der Waals surface area (Å²) < 4.78 is 2.84. The molecule has 0 saturated heterocycles. The second-order valence-corrected chi connectivity index (χ2v) is 8.13. The molecule has 3 aromatic heterocycles. The van der Waals surface area contributed by atoms with Crippen molar-refractivity contribution in [2.45, 2.75) is 39.8 Å². The van der Waals surface area contributed by atoms with Gasteiger partial charge in [0, 0.05) is 24.6 Å². The number of para-hydroxylation sites is 1. The van der Waals surface area contributed by atoms with Crippen LogP contribution in [0.5, 0.6) is 0 Å². The Morgan fingerprint density at radius 1 is 1.17 bits per heavy atom. The molecule has 0 N–H and O–H groups in total. The summed E-state index contributed by atoms with van der Waals surface area (Å²) in [6.07, 6.45) is 6.08. The molecule has 4 aromatic rings. The van der Waals surface area contributed by atoms with Crippen LogP contribution in [-0.4, -0.2) is 25.7 Å². The maximum absolute atomic E-state index is 13.6. The number of benzene rings is 1. The number of hydrogen-bond donors (Lipinski definition) is 0. The number of thiazole rings is 1. The minimum absolute atomic E-state index is 0.0891. The predicted octanol–water partition coefficient (Wildman–Crippen LogP) is 4.88. The van der Waals surface area contributed by atoms with Crippen LogP contribution in [0.25, 0.3) is 10.2 Å². The molecule has 0 unspecified atom stereocenters. The highest BCUT2D eigenvalue weighted by atomic mass is 32.1. The van der Waals surface area contributed by atoms with Crippen molar-refractivity contribution in [3.63, 3.8) is 0 Å². The molecule has 0 saturated carbocycles. The second kappa shape index (κ2) is 8.13. The van der Waals surface area contributed by atoms with Crippen molar-refractivity contribution in [3.05, 3.63) is 71.8 Å². The molecule has 0 radical (unpaired) electrons. The van der Waals surface area contributed by atoms with Gasteiger partial charge >= 0.3 is 0 Å². The third kappa shape index (κ3) is 3.78. The summed E-state index contributed by atoms with van der Waals surface area (Å²) in [5, 5.41) is 5.02. The number of aryl methyl sites for hydroxylation is 1. The number of rotatable bonds is 6. The van der Waals surface area contributed by atoms with Crippen molar-refractivity contribution in [2.24, 2.45) is 0 Å². The number of amides is 1. The second-order valence-electron chi connectivity index (χ2n) is 7.12. The molecule has 29 heavy (non-hydrogen) atoms. The molecule has 0 bridgehead atoms. The third-order valence-electron chi connectivity index (χ3n) is 4.79. The molecule has 0 aliphatic carbocycles. The van der Waals surface area contributed by atoms with Crippen LogP contribution < -0.4 is 4.90 Å². The first-order valence-electron chi connectivity index (χ1n) is 9.71. The fraction of sp³-hybridized carbons (Fsp3) is 0.273. The van der Waals surface area contributed by atoms with Crippen molar-refractivity contribution < 1.29 is 4.79 Å². The van der Waals surface area contributed by atoms with E-state index in [0.29, 0.717) is 17.4 Å². The van der Waals surface area contributed by atoms with Crippen LogP contribution in [0, 0.1) is 0 Å². The summed E-state index contributed by atoms with van der Waals surface area (Å²) in [6.45, 7) is 6.55. The minimum atomic E-state index is -0.114. The minimum Gasteiger partial charge on any atom is -0.278 e. The van der Waals surface area contributed by atoms with Gasteiger partial charge in [0.25, 0.3) is 5.91 Å². The van der Waals surface area contributed by atoms with E-state index in [9.17, 15) is 4.79 Å². The quantitative estimate of drug-likeness (QED) is 0.459. The van der Waals surface area contributed by atoms with Crippen LogP contribution in [0.1, 0.15) is 48.4 Å². The standard InChI is InChI=1S/C22H23N5OS/c1-4-17-8-5-9-19-20(17)25-22(29-19)26(14-16-7-6-11-23-13-16)21(28)18-10-12-24-27(18)15(2)3/h5-13,15H,4,14H2,1-3H3. The number of anilines is 1. The number of aromatic nitrogens is 4. The van der Waals surface area contributed by atoms with Gasteiger partial charge in [0.2, 0.25) is 0 Å². The van der Waals surface area contributed by atoms with Gasteiger partial charge < -0.3 is 0 Å². The van der Waals surface area contributed by atoms with Crippen molar-refractivity contribution >= 4 is 32.6 Å². The first-order chi connectivity index (χ1) is 14.1. The van der Waals surface area contributed by atoms with Gasteiger partial charge in [-0.1, -0.05) is 36.5 Å². The Morgan fingerprint density at radius 3 is 2.76 bits per heavy atom. The molecule has 4 rings (SSSR count). The average molecular weight is 406 g/mol. The molecule has 1 amide bonds. The molecule has 0 fully saturated rings. The zero-order valence-corrected chi connectivity index (χ0v) is 17.6. The topological polar surface area (TPSA) is 63.9 Å².